The molecule has 0 radical (unpaired) electrons. The van der Waals surface area contributed by atoms with Gasteiger partial charge in [-0.1, -0.05) is 6.92 Å². The molecule has 0 aromatic heterocycles. The Kier molecular flexibility index (Phi) is 7.31. The lowest BCUT2D eigenvalue weighted by Crippen LogP contribution is -2.48. The monoisotopic (exact) mass is 329 g/mol. The number of rotatable bonds is 5. The van der Waals surface area contributed by atoms with Gasteiger partial charge in [0.15, 0.2) is 5.96 Å². The van der Waals surface area contributed by atoms with E-state index in [1.807, 2.05) is 0 Å². The van der Waals surface area contributed by atoms with Gasteiger partial charge < -0.3 is 20.1 Å². The average Bonchev–Trinajstić information content (AvgIpc) is 2.59. The Bertz CT molecular complexity index is 359. The number of aliphatic hydroxyl groups is 1. The largest absolute Gasteiger partial charge is 0.396 e. The molecule has 0 aromatic carbocycles. The minimum absolute atomic E-state index is 0.0897. The molecule has 2 aliphatic heterocycles. The van der Waals surface area contributed by atoms with E-state index in [4.69, 9.17) is 9.73 Å². The molecule has 2 rings (SSSR count). The first-order valence-corrected chi connectivity index (χ1v) is 9.61. The highest BCUT2D eigenvalue weighted by molar-refractivity contribution is 8.00. The number of guanidine groups is 1. The third kappa shape index (κ3) is 4.77. The number of nitrogens with zero attached hydrogens (tertiary/aromatic N) is 2. The van der Waals surface area contributed by atoms with E-state index in [-0.39, 0.29) is 12.0 Å². The molecule has 0 saturated carbocycles. The van der Waals surface area contributed by atoms with Gasteiger partial charge >= 0.3 is 0 Å². The van der Waals surface area contributed by atoms with Gasteiger partial charge in [0.25, 0.3) is 0 Å². The van der Waals surface area contributed by atoms with Gasteiger partial charge in [0.1, 0.15) is 0 Å². The number of nitrogens with one attached hydrogen (secondary N) is 1. The molecule has 128 valence electrons. The van der Waals surface area contributed by atoms with Gasteiger partial charge in [-0.15, -0.1) is 0 Å². The zero-order valence-electron chi connectivity index (χ0n) is 14.0. The third-order valence-electron chi connectivity index (χ3n) is 4.68. The van der Waals surface area contributed by atoms with Crippen LogP contribution >= 0.6 is 11.8 Å². The fraction of sp³-hybridized carbons (Fsp3) is 0.938. The summed E-state index contributed by atoms with van der Waals surface area (Å²) < 4.78 is 5.44. The predicted octanol–water partition coefficient (Wildman–Crippen LogP) is 1.57. The van der Waals surface area contributed by atoms with E-state index in [1.54, 1.807) is 0 Å². The maximum absolute atomic E-state index is 9.81. The first-order chi connectivity index (χ1) is 10.7. The van der Waals surface area contributed by atoms with E-state index in [2.05, 4.69) is 35.8 Å². The third-order valence-corrected chi connectivity index (χ3v) is 6.05. The van der Waals surface area contributed by atoms with Crippen molar-refractivity contribution in [2.45, 2.75) is 38.4 Å². The summed E-state index contributed by atoms with van der Waals surface area (Å²) in [6.45, 7) is 9.76. The summed E-state index contributed by atoms with van der Waals surface area (Å²) in [5.41, 5.74) is -0.0897. The molecule has 2 saturated heterocycles. The van der Waals surface area contributed by atoms with E-state index < -0.39 is 0 Å². The van der Waals surface area contributed by atoms with E-state index in [0.717, 1.165) is 51.6 Å². The van der Waals surface area contributed by atoms with Crippen molar-refractivity contribution in [1.82, 2.24) is 10.2 Å². The van der Waals surface area contributed by atoms with Crippen molar-refractivity contribution in [3.8, 4) is 0 Å². The Labute approximate surface area is 138 Å². The molecular weight excluding hydrogens is 298 g/mol. The minimum Gasteiger partial charge on any atom is -0.396 e. The highest BCUT2D eigenvalue weighted by Gasteiger charge is 2.32. The molecule has 2 fully saturated rings. The maximum Gasteiger partial charge on any atom is 0.193 e. The predicted molar refractivity (Wildman–Crippen MR) is 93.7 cm³/mol. The van der Waals surface area contributed by atoms with Gasteiger partial charge in [0.05, 0.1) is 13.2 Å². The summed E-state index contributed by atoms with van der Waals surface area (Å²) in [6, 6.07) is 0. The molecule has 6 heteroatoms. The summed E-state index contributed by atoms with van der Waals surface area (Å²) >= 11 is 2.07. The Morgan fingerprint density at radius 1 is 1.41 bits per heavy atom. The Balaban J connectivity index is 2.02. The van der Waals surface area contributed by atoms with E-state index in [1.165, 1.54) is 12.2 Å². The van der Waals surface area contributed by atoms with E-state index >= 15 is 0 Å². The Morgan fingerprint density at radius 2 is 2.18 bits per heavy atom. The van der Waals surface area contributed by atoms with Crippen LogP contribution in [0.1, 0.15) is 33.1 Å². The zero-order valence-corrected chi connectivity index (χ0v) is 14.8. The molecule has 0 bridgehead atoms. The second kappa shape index (κ2) is 8.99. The van der Waals surface area contributed by atoms with Crippen molar-refractivity contribution in [2.24, 2.45) is 10.4 Å². The van der Waals surface area contributed by atoms with E-state index in [9.17, 15) is 5.11 Å². The minimum atomic E-state index is -0.0897. The Hall–Kier alpha value is -0.460. The second-order valence-electron chi connectivity index (χ2n) is 6.29. The molecule has 1 atom stereocenters. The molecular formula is C16H31N3O2S. The van der Waals surface area contributed by atoms with Gasteiger partial charge in [-0.25, -0.2) is 0 Å². The smallest absolute Gasteiger partial charge is 0.193 e. The van der Waals surface area contributed by atoms with Gasteiger partial charge in [0, 0.05) is 49.3 Å². The summed E-state index contributed by atoms with van der Waals surface area (Å²) in [4.78, 5) is 7.27. The second-order valence-corrected chi connectivity index (χ2v) is 7.70. The van der Waals surface area contributed by atoms with Crippen molar-refractivity contribution in [3.05, 3.63) is 0 Å². The van der Waals surface area contributed by atoms with Crippen LogP contribution in [-0.2, 0) is 4.74 Å². The van der Waals surface area contributed by atoms with E-state index in [0.29, 0.717) is 11.8 Å². The molecule has 2 heterocycles. The van der Waals surface area contributed by atoms with Crippen molar-refractivity contribution in [2.75, 3.05) is 51.8 Å². The summed E-state index contributed by atoms with van der Waals surface area (Å²) in [5.74, 6) is 2.18. The van der Waals surface area contributed by atoms with Crippen molar-refractivity contribution < 1.29 is 9.84 Å². The normalized spacial score (nSPS) is 26.0. The molecule has 0 spiro atoms. The quantitative estimate of drug-likeness (QED) is 0.592. The van der Waals surface area contributed by atoms with Gasteiger partial charge in [-0.2, -0.15) is 11.8 Å². The SMILES string of the molecule is CCNC(=NCC1(CO)CCOCC1)N1CCSC(CC)C1. The summed E-state index contributed by atoms with van der Waals surface area (Å²) in [6.07, 6.45) is 3.01. The molecule has 2 N–H and O–H groups in total. The molecule has 0 aliphatic carbocycles. The fourth-order valence-electron chi connectivity index (χ4n) is 3.00. The van der Waals surface area contributed by atoms with Gasteiger partial charge in [0.2, 0.25) is 0 Å². The number of ether oxygens (including phenoxy) is 1. The highest BCUT2D eigenvalue weighted by Crippen LogP contribution is 2.30. The summed E-state index contributed by atoms with van der Waals surface area (Å²) in [7, 11) is 0. The molecule has 0 aromatic rings. The van der Waals surface area contributed by atoms with Crippen molar-refractivity contribution in [1.29, 1.82) is 0 Å². The van der Waals surface area contributed by atoms with Gasteiger partial charge in [-0.3, -0.25) is 4.99 Å². The highest BCUT2D eigenvalue weighted by atomic mass is 32.2. The van der Waals surface area contributed by atoms with Crippen LogP contribution < -0.4 is 5.32 Å². The van der Waals surface area contributed by atoms with Crippen molar-refractivity contribution in [3.63, 3.8) is 0 Å². The molecule has 2 aliphatic rings. The number of aliphatic imine (C=N–C) groups is 1. The number of aliphatic hydroxyl groups excluding tert-OH is 1. The fourth-order valence-corrected chi connectivity index (χ4v) is 4.18. The van der Waals surface area contributed by atoms with Crippen molar-refractivity contribution >= 4 is 17.7 Å². The number of hydrogen-bond acceptors (Lipinski definition) is 4. The number of thioether (sulfide) groups is 1. The first kappa shape index (κ1) is 17.9. The summed E-state index contributed by atoms with van der Waals surface area (Å²) in [5, 5.41) is 13.9. The topological polar surface area (TPSA) is 57.1 Å². The van der Waals surface area contributed by atoms with Crippen LogP contribution in [0.4, 0.5) is 0 Å². The lowest BCUT2D eigenvalue weighted by Gasteiger charge is -2.37. The van der Waals surface area contributed by atoms with Crippen LogP contribution in [0, 0.1) is 5.41 Å². The van der Waals surface area contributed by atoms with Crippen LogP contribution in [0.3, 0.4) is 0 Å². The molecule has 1 unspecified atom stereocenters. The van der Waals surface area contributed by atoms with Crippen LogP contribution in [0.25, 0.3) is 0 Å². The molecule has 22 heavy (non-hydrogen) atoms. The lowest BCUT2D eigenvalue weighted by atomic mass is 9.81. The Morgan fingerprint density at radius 3 is 2.82 bits per heavy atom. The standard InChI is InChI=1S/C16H31N3O2S/c1-3-14-11-19(7-10-22-14)15(17-4-2)18-12-16(13-20)5-8-21-9-6-16/h14,20H,3-13H2,1-2H3,(H,17,18). The lowest BCUT2D eigenvalue weighted by molar-refractivity contribution is -0.0107. The average molecular weight is 330 g/mol. The molecule has 0 amide bonds. The maximum atomic E-state index is 9.81. The van der Waals surface area contributed by atoms with Crippen LogP contribution in [-0.4, -0.2) is 73.0 Å². The van der Waals surface area contributed by atoms with Crippen LogP contribution in [0.5, 0.6) is 0 Å². The van der Waals surface area contributed by atoms with Crippen LogP contribution in [0.2, 0.25) is 0 Å². The zero-order chi connectivity index (χ0) is 15.8. The van der Waals surface area contributed by atoms with Crippen LogP contribution in [0.15, 0.2) is 4.99 Å². The van der Waals surface area contributed by atoms with Gasteiger partial charge in [-0.05, 0) is 26.2 Å². The molecule has 5 nitrogen and oxygen atoms in total. The first-order valence-electron chi connectivity index (χ1n) is 8.56. The number of hydrogen-bond donors (Lipinski definition) is 2.